The van der Waals surface area contributed by atoms with Crippen LogP contribution in [0.25, 0.3) is 0 Å². The largest absolute Gasteiger partial charge is 0.464 e. The molecule has 0 saturated heterocycles. The van der Waals surface area contributed by atoms with E-state index in [0.717, 1.165) is 11.1 Å². The second-order valence-corrected chi connectivity index (χ2v) is 7.84. The summed E-state index contributed by atoms with van der Waals surface area (Å²) in [4.78, 5) is 39.5. The summed E-state index contributed by atoms with van der Waals surface area (Å²) in [5, 5.41) is 3.04. The Kier molecular flexibility index (Phi) is 6.79. The van der Waals surface area contributed by atoms with Crippen molar-refractivity contribution in [1.82, 2.24) is 5.32 Å². The van der Waals surface area contributed by atoms with Crippen molar-refractivity contribution >= 4 is 17.5 Å². The summed E-state index contributed by atoms with van der Waals surface area (Å²) in [6, 6.07) is 25.0. The third-order valence-corrected chi connectivity index (χ3v) is 5.73. The maximum Gasteiger partial charge on any atom is 0.329 e. The zero-order chi connectivity index (χ0) is 23.2. The fourth-order valence-electron chi connectivity index (χ4n) is 4.18. The Morgan fingerprint density at radius 3 is 2.09 bits per heavy atom. The number of rotatable bonds is 8. The predicted octanol–water partition coefficient (Wildman–Crippen LogP) is 4.50. The van der Waals surface area contributed by atoms with Gasteiger partial charge in [0.2, 0.25) is 0 Å². The fraction of sp³-hybridized carbons (Fsp3) is 0.179. The molecule has 0 fully saturated rings. The van der Waals surface area contributed by atoms with E-state index in [4.69, 9.17) is 4.74 Å². The molecular formula is C28H25NO4. The number of nitrogens with one attached hydrogen (secondary N) is 1. The van der Waals surface area contributed by atoms with E-state index in [-0.39, 0.29) is 24.6 Å². The van der Waals surface area contributed by atoms with Crippen molar-refractivity contribution in [2.24, 2.45) is 0 Å². The molecule has 2 unspecified atom stereocenters. The Morgan fingerprint density at radius 2 is 1.42 bits per heavy atom. The summed E-state index contributed by atoms with van der Waals surface area (Å²) in [6.45, 7) is 2.00. The number of hydrogen-bond acceptors (Lipinski definition) is 5. The molecule has 0 saturated carbocycles. The maximum atomic E-state index is 13.7. The summed E-state index contributed by atoms with van der Waals surface area (Å²) in [7, 11) is 0. The van der Waals surface area contributed by atoms with E-state index in [0.29, 0.717) is 16.7 Å². The van der Waals surface area contributed by atoms with Crippen molar-refractivity contribution in [3.8, 4) is 0 Å². The first-order chi connectivity index (χ1) is 16.1. The molecule has 166 valence electrons. The standard InChI is InChI=1S/C28H25NO4/c1-2-33-28(32)26-25(20-13-7-4-8-14-20)23(18-29-26)27(31)22-16-10-9-15-21(22)24(30)17-19-11-5-3-6-12-19/h3-16,18,25-26,29H,2,17H2,1H3. The number of Topliss-reactive ketones (excluding diaryl/α,β-unsaturated/α-hetero) is 2. The van der Waals surface area contributed by atoms with Crippen LogP contribution >= 0.6 is 0 Å². The van der Waals surface area contributed by atoms with E-state index < -0.39 is 17.9 Å². The lowest BCUT2D eigenvalue weighted by Crippen LogP contribution is -2.37. The van der Waals surface area contributed by atoms with Crippen molar-refractivity contribution < 1.29 is 19.1 Å². The van der Waals surface area contributed by atoms with E-state index in [1.165, 1.54) is 0 Å². The molecule has 1 aliphatic rings. The number of carbonyl (C=O) groups is 3. The van der Waals surface area contributed by atoms with Crippen molar-refractivity contribution in [3.05, 3.63) is 119 Å². The van der Waals surface area contributed by atoms with Gasteiger partial charge in [-0.15, -0.1) is 0 Å². The lowest BCUT2D eigenvalue weighted by molar-refractivity contribution is -0.145. The summed E-state index contributed by atoms with van der Waals surface area (Å²) < 4.78 is 5.24. The van der Waals surface area contributed by atoms with Crippen LogP contribution in [0.15, 0.2) is 96.7 Å². The molecule has 0 spiro atoms. The van der Waals surface area contributed by atoms with Gasteiger partial charge in [0.15, 0.2) is 11.6 Å². The molecule has 0 radical (unpaired) electrons. The van der Waals surface area contributed by atoms with Crippen molar-refractivity contribution in [2.45, 2.75) is 25.3 Å². The first kappa shape index (κ1) is 22.2. The highest BCUT2D eigenvalue weighted by Crippen LogP contribution is 2.35. The van der Waals surface area contributed by atoms with Gasteiger partial charge in [0.05, 0.1) is 6.61 Å². The van der Waals surface area contributed by atoms with Crippen LogP contribution in [0.2, 0.25) is 0 Å². The molecule has 0 aromatic heterocycles. The van der Waals surface area contributed by atoms with Crippen LogP contribution in [0.4, 0.5) is 0 Å². The molecule has 5 heteroatoms. The molecule has 1 N–H and O–H groups in total. The summed E-state index contributed by atoms with van der Waals surface area (Å²) >= 11 is 0. The van der Waals surface area contributed by atoms with Crippen molar-refractivity contribution in [2.75, 3.05) is 6.61 Å². The Hall–Kier alpha value is -3.99. The minimum atomic E-state index is -0.710. The third-order valence-electron chi connectivity index (χ3n) is 5.73. The second-order valence-electron chi connectivity index (χ2n) is 7.84. The van der Waals surface area contributed by atoms with Gasteiger partial charge >= 0.3 is 5.97 Å². The number of hydrogen-bond donors (Lipinski definition) is 1. The van der Waals surface area contributed by atoms with E-state index in [1.807, 2.05) is 60.7 Å². The second kappa shape index (κ2) is 10.1. The molecule has 5 nitrogen and oxygen atoms in total. The molecule has 1 aliphatic heterocycles. The van der Waals surface area contributed by atoms with Crippen molar-refractivity contribution in [3.63, 3.8) is 0 Å². The van der Waals surface area contributed by atoms with Gasteiger partial charge in [-0.25, -0.2) is 4.79 Å². The molecule has 1 heterocycles. The number of benzene rings is 3. The van der Waals surface area contributed by atoms with Crippen LogP contribution in [0.3, 0.4) is 0 Å². The van der Waals surface area contributed by atoms with Crippen LogP contribution in [-0.4, -0.2) is 30.2 Å². The lowest BCUT2D eigenvalue weighted by Gasteiger charge is -2.22. The summed E-state index contributed by atoms with van der Waals surface area (Å²) in [5.74, 6) is -1.34. The highest BCUT2D eigenvalue weighted by Gasteiger charge is 2.40. The monoisotopic (exact) mass is 439 g/mol. The van der Waals surface area contributed by atoms with Gasteiger partial charge < -0.3 is 10.1 Å². The SMILES string of the molecule is CCOC(=O)C1NC=C(C(=O)c2ccccc2C(=O)Cc2ccccc2)C1c1ccccc1. The third kappa shape index (κ3) is 4.77. The first-order valence-electron chi connectivity index (χ1n) is 11.0. The average molecular weight is 440 g/mol. The minimum Gasteiger partial charge on any atom is -0.464 e. The Bertz CT molecular complexity index is 1180. The fourth-order valence-corrected chi connectivity index (χ4v) is 4.18. The molecule has 0 aliphatic carbocycles. The van der Waals surface area contributed by atoms with Gasteiger partial charge in [0.1, 0.15) is 6.04 Å². The minimum absolute atomic E-state index is 0.130. The van der Waals surface area contributed by atoms with Crippen LogP contribution < -0.4 is 5.32 Å². The molecule has 2 atom stereocenters. The molecule has 0 amide bonds. The van der Waals surface area contributed by atoms with Gasteiger partial charge in [-0.2, -0.15) is 0 Å². The Labute approximate surface area is 193 Å². The molecule has 4 rings (SSSR count). The number of carbonyl (C=O) groups excluding carboxylic acids is 3. The normalized spacial score (nSPS) is 17.1. The highest BCUT2D eigenvalue weighted by atomic mass is 16.5. The van der Waals surface area contributed by atoms with Gasteiger partial charge in [-0.1, -0.05) is 84.9 Å². The smallest absolute Gasteiger partial charge is 0.329 e. The summed E-state index contributed by atoms with van der Waals surface area (Å²) in [5.41, 5.74) is 2.85. The Balaban J connectivity index is 1.67. The van der Waals surface area contributed by atoms with Gasteiger partial charge in [-0.3, -0.25) is 9.59 Å². The Morgan fingerprint density at radius 1 is 0.818 bits per heavy atom. The van der Waals surface area contributed by atoms with E-state index in [2.05, 4.69) is 5.32 Å². The topological polar surface area (TPSA) is 72.5 Å². The van der Waals surface area contributed by atoms with Gasteiger partial charge in [0, 0.05) is 35.2 Å². The molecule has 3 aromatic carbocycles. The highest BCUT2D eigenvalue weighted by molar-refractivity contribution is 6.17. The molecule has 33 heavy (non-hydrogen) atoms. The zero-order valence-electron chi connectivity index (χ0n) is 18.4. The number of esters is 1. The van der Waals surface area contributed by atoms with Crippen LogP contribution in [-0.2, 0) is 16.0 Å². The molecule has 0 bridgehead atoms. The molecule has 3 aromatic rings. The first-order valence-corrected chi connectivity index (χ1v) is 11.0. The molecular weight excluding hydrogens is 414 g/mol. The van der Waals surface area contributed by atoms with Crippen LogP contribution in [0, 0.1) is 0 Å². The van der Waals surface area contributed by atoms with E-state index in [9.17, 15) is 14.4 Å². The van der Waals surface area contributed by atoms with E-state index >= 15 is 0 Å². The zero-order valence-corrected chi connectivity index (χ0v) is 18.4. The predicted molar refractivity (Wildman–Crippen MR) is 126 cm³/mol. The quantitative estimate of drug-likeness (QED) is 0.413. The number of ketones is 2. The van der Waals surface area contributed by atoms with Crippen LogP contribution in [0.5, 0.6) is 0 Å². The number of ether oxygens (including phenoxy) is 1. The van der Waals surface area contributed by atoms with Gasteiger partial charge in [-0.05, 0) is 18.1 Å². The van der Waals surface area contributed by atoms with Crippen molar-refractivity contribution in [1.29, 1.82) is 0 Å². The van der Waals surface area contributed by atoms with E-state index in [1.54, 1.807) is 37.4 Å². The van der Waals surface area contributed by atoms with Crippen LogP contribution in [0.1, 0.15) is 44.7 Å². The maximum absolute atomic E-state index is 13.7. The average Bonchev–Trinajstić information content (AvgIpc) is 3.30. The lowest BCUT2D eigenvalue weighted by atomic mass is 9.82. The summed E-state index contributed by atoms with van der Waals surface area (Å²) in [6.07, 6.45) is 1.79. The van der Waals surface area contributed by atoms with Gasteiger partial charge in [0.25, 0.3) is 0 Å².